The first kappa shape index (κ1) is 44.8. The van der Waals surface area contributed by atoms with Crippen LogP contribution in [0, 0.1) is 0 Å². The summed E-state index contributed by atoms with van der Waals surface area (Å²) in [6.07, 6.45) is 2.55. The molecule has 290 valence electrons. The predicted octanol–water partition coefficient (Wildman–Crippen LogP) is -3.96. The van der Waals surface area contributed by atoms with Gasteiger partial charge in [-0.2, -0.15) is 12.6 Å². The van der Waals surface area contributed by atoms with Crippen LogP contribution in [0.2, 0.25) is 0 Å². The minimum atomic E-state index is -1.60. The highest BCUT2D eigenvalue weighted by molar-refractivity contribution is 7.80. The van der Waals surface area contributed by atoms with Crippen LogP contribution in [0.1, 0.15) is 70.6 Å². The molecule has 5 amide bonds. The van der Waals surface area contributed by atoms with E-state index in [1.54, 1.807) is 0 Å². The molecular weight excluding hydrogens is 690 g/mol. The molecule has 6 atom stereocenters. The number of likely N-dealkylation sites (tertiary alicyclic amines) is 1. The number of hydrogen-bond acceptors (Lipinski definition) is 12. The van der Waals surface area contributed by atoms with Crippen molar-refractivity contribution >= 4 is 60.1 Å². The number of thiol groups is 1. The van der Waals surface area contributed by atoms with Crippen molar-refractivity contribution in [3.8, 4) is 0 Å². The summed E-state index contributed by atoms with van der Waals surface area (Å²) in [6, 6.07) is -7.47. The fraction of sp³-hybridized carbons (Fsp3) is 0.733. The van der Waals surface area contributed by atoms with Crippen LogP contribution >= 0.6 is 12.6 Å². The molecule has 0 aromatic heterocycles. The molecule has 16 N–H and O–H groups in total. The fourth-order valence-electron chi connectivity index (χ4n) is 5.32. The van der Waals surface area contributed by atoms with Gasteiger partial charge in [0.1, 0.15) is 30.2 Å². The molecule has 20 nitrogen and oxygen atoms in total. The summed E-state index contributed by atoms with van der Waals surface area (Å²) in [5, 5.41) is 28.9. The molecule has 21 heteroatoms. The second-order valence-electron chi connectivity index (χ2n) is 12.2. The number of aliphatic carboxylic acids is 2. The van der Waals surface area contributed by atoms with Gasteiger partial charge in [-0.05, 0) is 70.9 Å². The zero-order valence-corrected chi connectivity index (χ0v) is 29.7. The number of carboxylic acids is 2. The molecule has 0 aromatic rings. The van der Waals surface area contributed by atoms with Crippen molar-refractivity contribution < 1.29 is 43.8 Å². The third-order valence-electron chi connectivity index (χ3n) is 8.09. The van der Waals surface area contributed by atoms with Gasteiger partial charge in [-0.15, -0.1) is 0 Å². The first-order valence-corrected chi connectivity index (χ1v) is 17.6. The summed E-state index contributed by atoms with van der Waals surface area (Å²) in [6.45, 7) is 0.989. The van der Waals surface area contributed by atoms with Gasteiger partial charge in [-0.1, -0.05) is 6.42 Å². The normalized spacial score (nSPS) is 16.9. The average Bonchev–Trinajstić information content (AvgIpc) is 3.57. The molecule has 1 rings (SSSR count). The first-order valence-electron chi connectivity index (χ1n) is 16.9. The highest BCUT2D eigenvalue weighted by atomic mass is 32.1. The Hall–Kier alpha value is -4.21. The molecule has 0 saturated carbocycles. The minimum absolute atomic E-state index is 0.0613. The van der Waals surface area contributed by atoms with Crippen molar-refractivity contribution in [2.75, 3.05) is 31.9 Å². The van der Waals surface area contributed by atoms with E-state index in [4.69, 9.17) is 28.7 Å². The maximum Gasteiger partial charge on any atom is 0.326 e. The summed E-state index contributed by atoms with van der Waals surface area (Å²) >= 11 is 4.19. The Kier molecular flexibility index (Phi) is 21.1. The number of hydrogen-bond donors (Lipinski definition) is 12. The van der Waals surface area contributed by atoms with Crippen molar-refractivity contribution in [1.82, 2.24) is 26.2 Å². The van der Waals surface area contributed by atoms with E-state index in [0.717, 1.165) is 0 Å². The van der Waals surface area contributed by atoms with Crippen LogP contribution in [0.4, 0.5) is 0 Å². The third-order valence-corrected chi connectivity index (χ3v) is 8.46. The Balaban J connectivity index is 3.18. The van der Waals surface area contributed by atoms with Crippen LogP contribution in [0.15, 0.2) is 4.99 Å². The van der Waals surface area contributed by atoms with Crippen molar-refractivity contribution in [1.29, 1.82) is 0 Å². The molecule has 0 spiro atoms. The van der Waals surface area contributed by atoms with Crippen LogP contribution in [-0.4, -0.2) is 131 Å². The summed E-state index contributed by atoms with van der Waals surface area (Å²) in [4.78, 5) is 94.7. The van der Waals surface area contributed by atoms with E-state index in [1.807, 2.05) is 0 Å². The van der Waals surface area contributed by atoms with Crippen molar-refractivity contribution in [2.24, 2.45) is 33.7 Å². The minimum Gasteiger partial charge on any atom is -0.481 e. The number of nitrogens with zero attached hydrogens (tertiary/aromatic N) is 2. The first-order chi connectivity index (χ1) is 24.2. The van der Waals surface area contributed by atoms with Crippen molar-refractivity contribution in [2.45, 2.75) is 107 Å². The second kappa shape index (κ2) is 24.1. The summed E-state index contributed by atoms with van der Waals surface area (Å²) in [5.74, 6) is -7.02. The lowest BCUT2D eigenvalue weighted by molar-refractivity contribution is -0.149. The van der Waals surface area contributed by atoms with Crippen LogP contribution < -0.4 is 49.9 Å². The van der Waals surface area contributed by atoms with Crippen molar-refractivity contribution in [3.05, 3.63) is 0 Å². The van der Waals surface area contributed by atoms with E-state index in [0.29, 0.717) is 45.2 Å². The lowest BCUT2D eigenvalue weighted by Gasteiger charge is -2.29. The summed E-state index contributed by atoms with van der Waals surface area (Å²) in [5.41, 5.74) is 27.7. The van der Waals surface area contributed by atoms with Crippen LogP contribution in [0.5, 0.6) is 0 Å². The van der Waals surface area contributed by atoms with Gasteiger partial charge in [-0.25, -0.2) is 4.79 Å². The highest BCUT2D eigenvalue weighted by Crippen LogP contribution is 2.20. The molecule has 51 heavy (non-hydrogen) atoms. The van der Waals surface area contributed by atoms with Crippen molar-refractivity contribution in [3.63, 3.8) is 0 Å². The van der Waals surface area contributed by atoms with Crippen LogP contribution in [-0.2, 0) is 33.6 Å². The Bertz CT molecular complexity index is 1220. The molecule has 1 saturated heterocycles. The number of guanidine groups is 1. The number of rotatable bonds is 25. The second-order valence-corrected chi connectivity index (χ2v) is 12.5. The number of amides is 5. The SMILES string of the molecule is NCCCC[C@H](NC(=O)[C@H](CS)NC(=O)[C@H](CCCN=C(N)N)NC(=O)[C@H](CC(=O)O)NC(=O)[C@@H](N)CCCCN)C(=O)N1CCC[C@H]1C(=O)O. The molecule has 0 unspecified atom stereocenters. The standard InChI is InChI=1S/C30H55N11O9S/c31-11-3-1-7-17(33)24(44)39-20(15-23(42)43)26(46)37-18(9-5-13-36-30(34)35)25(45)40-21(16-51)27(47)38-19(8-2-4-12-32)28(48)41-14-6-10-22(41)29(49)50/h17-22,51H,1-16,31-33H2,(H,37,46)(H,38,47)(H,39,44)(H,40,45)(H,42,43)(H,49,50)(H4,34,35,36)/t17-,18-,19-,20-,21-,22-/m0/s1. The number of aliphatic imine (C=N–C) groups is 1. The average molecular weight is 746 g/mol. The van der Waals surface area contributed by atoms with Crippen LogP contribution in [0.3, 0.4) is 0 Å². The maximum absolute atomic E-state index is 13.5. The summed E-state index contributed by atoms with van der Waals surface area (Å²) < 4.78 is 0. The lowest BCUT2D eigenvalue weighted by Crippen LogP contribution is -2.59. The van der Waals surface area contributed by atoms with E-state index in [9.17, 15) is 43.8 Å². The zero-order valence-electron chi connectivity index (χ0n) is 28.8. The number of nitrogens with one attached hydrogen (secondary N) is 4. The molecule has 0 aliphatic carbocycles. The predicted molar refractivity (Wildman–Crippen MR) is 190 cm³/mol. The third kappa shape index (κ3) is 16.6. The number of nitrogens with two attached hydrogens (primary N) is 5. The zero-order chi connectivity index (χ0) is 38.5. The van der Waals surface area contributed by atoms with Gasteiger partial charge in [0.25, 0.3) is 0 Å². The van der Waals surface area contributed by atoms with E-state index < -0.39 is 84.1 Å². The highest BCUT2D eigenvalue weighted by Gasteiger charge is 2.38. The van der Waals surface area contributed by atoms with Gasteiger partial charge in [0.2, 0.25) is 29.5 Å². The number of carboxylic acid groups (broad SMARTS) is 2. The smallest absolute Gasteiger partial charge is 0.326 e. The topological polar surface area (TPSA) is 354 Å². The number of unbranched alkanes of at least 4 members (excludes halogenated alkanes) is 2. The molecule has 1 heterocycles. The Morgan fingerprint density at radius 2 is 1.27 bits per heavy atom. The fourth-order valence-corrected chi connectivity index (χ4v) is 5.58. The van der Waals surface area contributed by atoms with E-state index >= 15 is 0 Å². The van der Waals surface area contributed by atoms with E-state index in [2.05, 4.69) is 38.9 Å². The maximum atomic E-state index is 13.5. The van der Waals surface area contributed by atoms with Gasteiger partial charge in [0, 0.05) is 18.8 Å². The molecule has 1 aliphatic heterocycles. The number of carbonyl (C=O) groups is 7. The molecular formula is C30H55N11O9S. The van der Waals surface area contributed by atoms with Gasteiger partial charge in [-0.3, -0.25) is 33.8 Å². The Morgan fingerprint density at radius 1 is 0.745 bits per heavy atom. The largest absolute Gasteiger partial charge is 0.481 e. The molecule has 0 aromatic carbocycles. The lowest BCUT2D eigenvalue weighted by atomic mass is 10.1. The molecule has 0 radical (unpaired) electrons. The summed E-state index contributed by atoms with van der Waals surface area (Å²) in [7, 11) is 0. The van der Waals surface area contributed by atoms with E-state index in [1.165, 1.54) is 4.90 Å². The number of carbonyl (C=O) groups excluding carboxylic acids is 5. The molecule has 1 fully saturated rings. The van der Waals surface area contributed by atoms with Gasteiger partial charge in [0.15, 0.2) is 5.96 Å². The molecule has 1 aliphatic rings. The van der Waals surface area contributed by atoms with Gasteiger partial charge in [0.05, 0.1) is 12.5 Å². The Labute approximate surface area is 302 Å². The monoisotopic (exact) mass is 745 g/mol. The van der Waals surface area contributed by atoms with Gasteiger partial charge < -0.3 is 65.0 Å². The van der Waals surface area contributed by atoms with Crippen LogP contribution in [0.25, 0.3) is 0 Å². The Morgan fingerprint density at radius 3 is 1.84 bits per heavy atom. The van der Waals surface area contributed by atoms with E-state index in [-0.39, 0.29) is 56.9 Å². The molecule has 0 bridgehead atoms. The quantitative estimate of drug-likeness (QED) is 0.0184. The van der Waals surface area contributed by atoms with Gasteiger partial charge >= 0.3 is 11.9 Å².